The van der Waals surface area contributed by atoms with Crippen molar-refractivity contribution in [1.29, 1.82) is 0 Å². The first-order valence-corrected chi connectivity index (χ1v) is 5.36. The highest BCUT2D eigenvalue weighted by molar-refractivity contribution is 5.44. The molecule has 0 bridgehead atoms. The van der Waals surface area contributed by atoms with Gasteiger partial charge in [0.15, 0.2) is 5.82 Å². The van der Waals surface area contributed by atoms with Crippen molar-refractivity contribution >= 4 is 5.82 Å². The van der Waals surface area contributed by atoms with Gasteiger partial charge in [-0.1, -0.05) is 6.92 Å². The normalized spacial score (nSPS) is 14.6. The monoisotopic (exact) mass is 224 g/mol. The number of nitrogen functional groups attached to an aromatic ring is 1. The van der Waals surface area contributed by atoms with E-state index in [0.717, 1.165) is 17.7 Å². The fourth-order valence-corrected chi connectivity index (χ4v) is 1.40. The van der Waals surface area contributed by atoms with Crippen LogP contribution in [0.1, 0.15) is 37.4 Å². The van der Waals surface area contributed by atoms with Gasteiger partial charge in [0.05, 0.1) is 0 Å². The van der Waals surface area contributed by atoms with Crippen molar-refractivity contribution < 1.29 is 4.74 Å². The van der Waals surface area contributed by atoms with E-state index in [4.69, 9.17) is 10.6 Å². The molecule has 1 rings (SSSR count). The lowest BCUT2D eigenvalue weighted by Gasteiger charge is -2.26. The smallest absolute Gasteiger partial charge is 0.162 e. The number of hydrogen-bond acceptors (Lipinski definition) is 5. The first-order valence-electron chi connectivity index (χ1n) is 5.36. The van der Waals surface area contributed by atoms with Crippen LogP contribution in [0.2, 0.25) is 0 Å². The first kappa shape index (κ1) is 12.9. The fourth-order valence-electron chi connectivity index (χ4n) is 1.40. The van der Waals surface area contributed by atoms with Gasteiger partial charge in [-0.05, 0) is 27.2 Å². The average Bonchev–Trinajstić information content (AvgIpc) is 2.31. The minimum absolute atomic E-state index is 0.468. The van der Waals surface area contributed by atoms with E-state index in [1.54, 1.807) is 7.11 Å². The van der Waals surface area contributed by atoms with E-state index in [0.29, 0.717) is 11.6 Å². The van der Waals surface area contributed by atoms with Crippen LogP contribution in [0.25, 0.3) is 0 Å². The summed E-state index contributed by atoms with van der Waals surface area (Å²) in [7, 11) is 1.66. The van der Waals surface area contributed by atoms with Gasteiger partial charge in [-0.15, -0.1) is 0 Å². The Morgan fingerprint density at radius 2 is 2.00 bits per heavy atom. The molecule has 1 unspecified atom stereocenters. The number of aryl methyl sites for hydroxylation is 1. The summed E-state index contributed by atoms with van der Waals surface area (Å²) in [4.78, 5) is 8.86. The zero-order valence-electron chi connectivity index (χ0n) is 10.6. The van der Waals surface area contributed by atoms with Gasteiger partial charge in [-0.25, -0.2) is 15.8 Å². The number of rotatable bonds is 4. The maximum Gasteiger partial charge on any atom is 0.162 e. The second-order valence-electron chi connectivity index (χ2n) is 4.04. The van der Waals surface area contributed by atoms with Crippen LogP contribution in [0.4, 0.5) is 5.82 Å². The predicted octanol–water partition coefficient (Wildman–Crippen LogP) is 1.65. The maximum absolute atomic E-state index is 5.47. The molecule has 0 saturated heterocycles. The number of hydrazine groups is 1. The summed E-state index contributed by atoms with van der Waals surface area (Å²) in [6.07, 6.45) is 0.802. The van der Waals surface area contributed by atoms with E-state index >= 15 is 0 Å². The van der Waals surface area contributed by atoms with E-state index < -0.39 is 5.60 Å². The molecule has 0 radical (unpaired) electrons. The van der Waals surface area contributed by atoms with E-state index in [9.17, 15) is 0 Å². The van der Waals surface area contributed by atoms with E-state index in [-0.39, 0.29) is 0 Å². The molecule has 0 fully saturated rings. The minimum Gasteiger partial charge on any atom is -0.371 e. The molecule has 0 amide bonds. The predicted molar refractivity (Wildman–Crippen MR) is 64.0 cm³/mol. The van der Waals surface area contributed by atoms with Crippen LogP contribution in [0.15, 0.2) is 0 Å². The first-order chi connectivity index (χ1) is 7.48. The van der Waals surface area contributed by atoms with Crippen molar-refractivity contribution in [2.75, 3.05) is 12.5 Å². The van der Waals surface area contributed by atoms with Crippen molar-refractivity contribution in [3.8, 4) is 0 Å². The van der Waals surface area contributed by atoms with Crippen LogP contribution in [0.5, 0.6) is 0 Å². The Balaban J connectivity index is 3.30. The molecule has 5 heteroatoms. The van der Waals surface area contributed by atoms with E-state index in [1.807, 2.05) is 27.7 Å². The number of nitrogens with two attached hydrogens (primary N) is 1. The summed E-state index contributed by atoms with van der Waals surface area (Å²) in [5, 5.41) is 0. The molecular formula is C11H20N4O. The standard InChI is InChI=1S/C11H20N4O/c1-6-11(4,16-5)10-13-8(3)7(2)9(14-10)15-12/h6,12H2,1-5H3,(H,13,14,15). The Hall–Kier alpha value is -1.20. The Kier molecular flexibility index (Phi) is 3.83. The summed E-state index contributed by atoms with van der Waals surface area (Å²) >= 11 is 0. The molecule has 0 spiro atoms. The van der Waals surface area contributed by atoms with Crippen molar-refractivity contribution in [1.82, 2.24) is 9.97 Å². The molecule has 90 valence electrons. The Morgan fingerprint density at radius 1 is 1.38 bits per heavy atom. The van der Waals surface area contributed by atoms with E-state index in [2.05, 4.69) is 15.4 Å². The molecule has 0 aliphatic carbocycles. The van der Waals surface area contributed by atoms with Crippen molar-refractivity contribution in [3.05, 3.63) is 17.1 Å². The molecular weight excluding hydrogens is 204 g/mol. The van der Waals surface area contributed by atoms with Crippen LogP contribution >= 0.6 is 0 Å². The van der Waals surface area contributed by atoms with Gasteiger partial charge >= 0.3 is 0 Å². The highest BCUT2D eigenvalue weighted by Gasteiger charge is 2.28. The molecule has 1 aromatic rings. The van der Waals surface area contributed by atoms with Crippen LogP contribution in [-0.2, 0) is 10.3 Å². The van der Waals surface area contributed by atoms with Crippen LogP contribution in [0.3, 0.4) is 0 Å². The second kappa shape index (κ2) is 4.76. The Morgan fingerprint density at radius 3 is 2.44 bits per heavy atom. The SMILES string of the molecule is CCC(C)(OC)c1nc(C)c(C)c(NN)n1. The lowest BCUT2D eigenvalue weighted by molar-refractivity contribution is -0.00901. The molecule has 0 aliphatic rings. The molecule has 1 heterocycles. The number of methoxy groups -OCH3 is 1. The molecule has 5 nitrogen and oxygen atoms in total. The Labute approximate surface area is 96.4 Å². The molecule has 1 atom stereocenters. The zero-order valence-corrected chi connectivity index (χ0v) is 10.6. The number of anilines is 1. The van der Waals surface area contributed by atoms with Crippen LogP contribution < -0.4 is 11.3 Å². The highest BCUT2D eigenvalue weighted by Crippen LogP contribution is 2.27. The van der Waals surface area contributed by atoms with Gasteiger partial charge in [0.2, 0.25) is 0 Å². The van der Waals surface area contributed by atoms with Crippen molar-refractivity contribution in [2.24, 2.45) is 5.84 Å². The van der Waals surface area contributed by atoms with Gasteiger partial charge < -0.3 is 10.2 Å². The fraction of sp³-hybridized carbons (Fsp3) is 0.636. The lowest BCUT2D eigenvalue weighted by Crippen LogP contribution is -2.28. The topological polar surface area (TPSA) is 73.1 Å². The lowest BCUT2D eigenvalue weighted by atomic mass is 10.0. The Bertz CT molecular complexity index is 374. The van der Waals surface area contributed by atoms with E-state index in [1.165, 1.54) is 0 Å². The third-order valence-electron chi connectivity index (χ3n) is 3.12. The largest absolute Gasteiger partial charge is 0.371 e. The van der Waals surface area contributed by atoms with Gasteiger partial charge in [0.1, 0.15) is 11.4 Å². The summed E-state index contributed by atoms with van der Waals surface area (Å²) in [5.74, 6) is 6.75. The molecule has 0 saturated carbocycles. The zero-order chi connectivity index (χ0) is 12.3. The van der Waals surface area contributed by atoms with Gasteiger partial charge in [-0.3, -0.25) is 0 Å². The number of nitrogens with zero attached hydrogens (tertiary/aromatic N) is 2. The molecule has 0 aliphatic heterocycles. The minimum atomic E-state index is -0.468. The average molecular weight is 224 g/mol. The molecule has 0 aromatic carbocycles. The number of aromatic nitrogens is 2. The third kappa shape index (κ3) is 2.15. The van der Waals surface area contributed by atoms with Crippen LogP contribution in [-0.4, -0.2) is 17.1 Å². The summed E-state index contributed by atoms with van der Waals surface area (Å²) in [5.41, 5.74) is 3.99. The molecule has 3 N–H and O–H groups in total. The van der Waals surface area contributed by atoms with Crippen molar-refractivity contribution in [3.63, 3.8) is 0 Å². The summed E-state index contributed by atoms with van der Waals surface area (Å²) in [6.45, 7) is 7.88. The quantitative estimate of drug-likeness (QED) is 0.601. The summed E-state index contributed by atoms with van der Waals surface area (Å²) in [6, 6.07) is 0. The summed E-state index contributed by atoms with van der Waals surface area (Å²) < 4.78 is 5.47. The maximum atomic E-state index is 5.47. The molecule has 1 aromatic heterocycles. The van der Waals surface area contributed by atoms with Gasteiger partial charge in [0.25, 0.3) is 0 Å². The molecule has 16 heavy (non-hydrogen) atoms. The highest BCUT2D eigenvalue weighted by atomic mass is 16.5. The van der Waals surface area contributed by atoms with Gasteiger partial charge in [0, 0.05) is 18.4 Å². The number of ether oxygens (including phenoxy) is 1. The second-order valence-corrected chi connectivity index (χ2v) is 4.04. The van der Waals surface area contributed by atoms with Crippen LogP contribution in [0, 0.1) is 13.8 Å². The number of hydrogen-bond donors (Lipinski definition) is 2. The third-order valence-corrected chi connectivity index (χ3v) is 3.12. The number of nitrogens with one attached hydrogen (secondary N) is 1. The van der Waals surface area contributed by atoms with Gasteiger partial charge in [-0.2, -0.15) is 0 Å². The van der Waals surface area contributed by atoms with Crippen molar-refractivity contribution in [2.45, 2.75) is 39.7 Å².